The van der Waals surface area contributed by atoms with Crippen LogP contribution < -0.4 is 5.32 Å². The van der Waals surface area contributed by atoms with Crippen molar-refractivity contribution in [2.24, 2.45) is 0 Å². The standard InChI is InChI=1S/C23H22FN3O6S/c1-14(2)19(20(29)33-12-15-8-10-17(11-9-15)27(31)32)26-21(24)23(22(26)30,25-18(28)13-34)16-6-4-3-5-7-16/h3-11,19,21,34H,1,12-13H2,2H3,(H,25,28). The minimum Gasteiger partial charge on any atom is -0.459 e. The molecule has 0 bridgehead atoms. The molecule has 2 aromatic rings. The Kier molecular flexibility index (Phi) is 7.35. The summed E-state index contributed by atoms with van der Waals surface area (Å²) in [6, 6.07) is 11.8. The summed E-state index contributed by atoms with van der Waals surface area (Å²) in [5.41, 5.74) is -1.29. The summed E-state index contributed by atoms with van der Waals surface area (Å²) in [6.45, 7) is 4.90. The number of nitro groups is 1. The Labute approximate surface area is 200 Å². The average Bonchev–Trinajstić information content (AvgIpc) is 2.84. The molecule has 3 rings (SSSR count). The van der Waals surface area contributed by atoms with E-state index in [4.69, 9.17) is 4.74 Å². The van der Waals surface area contributed by atoms with E-state index < -0.39 is 40.6 Å². The van der Waals surface area contributed by atoms with Gasteiger partial charge in [0, 0.05) is 12.1 Å². The van der Waals surface area contributed by atoms with E-state index >= 15 is 4.39 Å². The van der Waals surface area contributed by atoms with Gasteiger partial charge in [-0.3, -0.25) is 24.6 Å². The van der Waals surface area contributed by atoms with E-state index in [-0.39, 0.29) is 29.2 Å². The molecule has 11 heteroatoms. The zero-order chi connectivity index (χ0) is 25.0. The van der Waals surface area contributed by atoms with Gasteiger partial charge in [0.1, 0.15) is 6.61 Å². The van der Waals surface area contributed by atoms with Crippen molar-refractivity contribution in [2.45, 2.75) is 31.4 Å². The topological polar surface area (TPSA) is 119 Å². The summed E-state index contributed by atoms with van der Waals surface area (Å²) in [5.74, 6) is -2.68. The van der Waals surface area contributed by atoms with Crippen LogP contribution in [0.2, 0.25) is 0 Å². The Morgan fingerprint density at radius 3 is 2.38 bits per heavy atom. The number of thiol groups is 1. The number of benzene rings is 2. The number of nitro benzene ring substituents is 1. The van der Waals surface area contributed by atoms with Gasteiger partial charge in [-0.15, -0.1) is 0 Å². The quantitative estimate of drug-likeness (QED) is 0.107. The summed E-state index contributed by atoms with van der Waals surface area (Å²) < 4.78 is 21.0. The SMILES string of the molecule is C=C(C)C(C(=O)OCc1ccc([N+](=O)[O-])cc1)N1C(=O)C(NC(=O)CS)(c2ccccc2)C1F. The summed E-state index contributed by atoms with van der Waals surface area (Å²) in [6.07, 6.45) is -2.08. The summed E-state index contributed by atoms with van der Waals surface area (Å²) >= 11 is 3.89. The summed E-state index contributed by atoms with van der Waals surface area (Å²) in [5, 5.41) is 13.2. The molecule has 3 unspecified atom stereocenters. The molecular formula is C23H22FN3O6S. The van der Waals surface area contributed by atoms with Gasteiger partial charge < -0.3 is 10.1 Å². The number of carbonyl (C=O) groups excluding carboxylic acids is 3. The second-order valence-corrected chi connectivity index (χ2v) is 8.02. The molecular weight excluding hydrogens is 465 g/mol. The Hall–Kier alpha value is -3.73. The van der Waals surface area contributed by atoms with Crippen molar-refractivity contribution in [1.29, 1.82) is 0 Å². The van der Waals surface area contributed by atoms with E-state index in [9.17, 15) is 24.5 Å². The molecule has 2 amide bonds. The first-order chi connectivity index (χ1) is 16.1. The second kappa shape index (κ2) is 10.0. The Balaban J connectivity index is 1.82. The van der Waals surface area contributed by atoms with E-state index in [1.807, 2.05) is 0 Å². The van der Waals surface area contributed by atoms with Crippen LogP contribution in [0.5, 0.6) is 0 Å². The molecule has 0 aliphatic carbocycles. The molecule has 1 saturated heterocycles. The lowest BCUT2D eigenvalue weighted by molar-refractivity contribution is -0.384. The molecule has 3 atom stereocenters. The third-order valence-electron chi connectivity index (χ3n) is 5.38. The monoisotopic (exact) mass is 487 g/mol. The van der Waals surface area contributed by atoms with E-state index in [0.29, 0.717) is 10.5 Å². The Morgan fingerprint density at radius 1 is 1.26 bits per heavy atom. The zero-order valence-electron chi connectivity index (χ0n) is 18.1. The highest BCUT2D eigenvalue weighted by Gasteiger charge is 2.66. The summed E-state index contributed by atoms with van der Waals surface area (Å²) in [7, 11) is 0. The fourth-order valence-corrected chi connectivity index (χ4v) is 3.78. The minimum atomic E-state index is -2.08. The number of nitrogens with one attached hydrogen (secondary N) is 1. The highest BCUT2D eigenvalue weighted by atomic mass is 32.1. The maximum atomic E-state index is 15.7. The van der Waals surface area contributed by atoms with Gasteiger partial charge in [0.25, 0.3) is 11.6 Å². The van der Waals surface area contributed by atoms with Crippen LogP contribution in [0.1, 0.15) is 18.1 Å². The fourth-order valence-electron chi connectivity index (χ4n) is 3.71. The first kappa shape index (κ1) is 24.9. The van der Waals surface area contributed by atoms with Crippen molar-refractivity contribution in [3.05, 3.63) is 88.0 Å². The van der Waals surface area contributed by atoms with Crippen molar-refractivity contribution in [2.75, 3.05) is 5.75 Å². The number of alkyl halides is 1. The van der Waals surface area contributed by atoms with E-state index in [2.05, 4.69) is 24.5 Å². The molecule has 0 radical (unpaired) electrons. The highest BCUT2D eigenvalue weighted by molar-refractivity contribution is 7.81. The molecule has 1 aliphatic heterocycles. The molecule has 0 saturated carbocycles. The number of ether oxygens (including phenoxy) is 1. The molecule has 1 heterocycles. The van der Waals surface area contributed by atoms with Crippen LogP contribution in [0.25, 0.3) is 0 Å². The fraction of sp³-hybridized carbons (Fsp3) is 0.261. The number of nitrogens with zero attached hydrogens (tertiary/aromatic N) is 2. The molecule has 0 aromatic heterocycles. The van der Waals surface area contributed by atoms with Crippen LogP contribution >= 0.6 is 12.6 Å². The maximum absolute atomic E-state index is 15.7. The lowest BCUT2D eigenvalue weighted by atomic mass is 9.78. The third kappa shape index (κ3) is 4.51. The van der Waals surface area contributed by atoms with E-state index in [0.717, 1.165) is 0 Å². The molecule has 1 aliphatic rings. The highest BCUT2D eigenvalue weighted by Crippen LogP contribution is 2.43. The smallest absolute Gasteiger partial charge is 0.333 e. The van der Waals surface area contributed by atoms with Gasteiger partial charge >= 0.3 is 5.97 Å². The number of non-ortho nitro benzene ring substituents is 1. The largest absolute Gasteiger partial charge is 0.459 e. The third-order valence-corrected chi connectivity index (χ3v) is 5.67. The van der Waals surface area contributed by atoms with Crippen LogP contribution in [-0.4, -0.2) is 45.7 Å². The van der Waals surface area contributed by atoms with E-state index in [1.165, 1.54) is 43.3 Å². The van der Waals surface area contributed by atoms with Gasteiger partial charge in [-0.05, 0) is 35.8 Å². The molecule has 9 nitrogen and oxygen atoms in total. The maximum Gasteiger partial charge on any atom is 0.333 e. The van der Waals surface area contributed by atoms with Crippen LogP contribution in [0.15, 0.2) is 66.7 Å². The van der Waals surface area contributed by atoms with Gasteiger partial charge in [0.2, 0.25) is 12.2 Å². The molecule has 178 valence electrons. The normalized spacial score (nSPS) is 20.1. The first-order valence-corrected chi connectivity index (χ1v) is 10.8. The number of likely N-dealkylation sites (tertiary alicyclic amines) is 1. The van der Waals surface area contributed by atoms with E-state index in [1.54, 1.807) is 18.2 Å². The first-order valence-electron chi connectivity index (χ1n) is 10.1. The number of amides is 2. The summed E-state index contributed by atoms with van der Waals surface area (Å²) in [4.78, 5) is 49.1. The second-order valence-electron chi connectivity index (χ2n) is 7.71. The van der Waals surface area contributed by atoms with Crippen LogP contribution in [0.4, 0.5) is 10.1 Å². The average molecular weight is 488 g/mol. The van der Waals surface area contributed by atoms with Crippen molar-refractivity contribution < 1.29 is 28.4 Å². The molecule has 0 spiro atoms. The minimum absolute atomic E-state index is 0.123. The molecule has 1 N–H and O–H groups in total. The van der Waals surface area contributed by atoms with Crippen molar-refractivity contribution in [3.63, 3.8) is 0 Å². The number of hydrogen-bond acceptors (Lipinski definition) is 7. The molecule has 2 aromatic carbocycles. The van der Waals surface area contributed by atoms with Crippen LogP contribution in [0.3, 0.4) is 0 Å². The lowest BCUT2D eigenvalue weighted by Crippen LogP contribution is -2.79. The molecule has 34 heavy (non-hydrogen) atoms. The van der Waals surface area contributed by atoms with Crippen LogP contribution in [0, 0.1) is 10.1 Å². The Bertz CT molecular complexity index is 1130. The predicted molar refractivity (Wildman–Crippen MR) is 123 cm³/mol. The zero-order valence-corrected chi connectivity index (χ0v) is 19.0. The number of carbonyl (C=O) groups is 3. The van der Waals surface area contributed by atoms with Gasteiger partial charge in [-0.25, -0.2) is 9.18 Å². The van der Waals surface area contributed by atoms with Crippen molar-refractivity contribution in [1.82, 2.24) is 10.2 Å². The number of halogens is 1. The predicted octanol–water partition coefficient (Wildman–Crippen LogP) is 2.66. The Morgan fingerprint density at radius 2 is 1.88 bits per heavy atom. The number of rotatable bonds is 9. The van der Waals surface area contributed by atoms with Crippen molar-refractivity contribution in [3.8, 4) is 0 Å². The number of esters is 1. The number of hydrogen-bond donors (Lipinski definition) is 2. The van der Waals surface area contributed by atoms with Gasteiger partial charge in [-0.2, -0.15) is 12.6 Å². The van der Waals surface area contributed by atoms with Gasteiger partial charge in [-0.1, -0.05) is 36.9 Å². The van der Waals surface area contributed by atoms with Crippen LogP contribution in [-0.2, 0) is 31.3 Å². The number of β-lactam (4-membered cyclic amide) rings is 1. The van der Waals surface area contributed by atoms with Crippen molar-refractivity contribution >= 4 is 36.1 Å². The van der Waals surface area contributed by atoms with Gasteiger partial charge in [0.05, 0.1) is 10.7 Å². The van der Waals surface area contributed by atoms with Gasteiger partial charge in [0.15, 0.2) is 11.6 Å². The molecule has 1 fully saturated rings. The lowest BCUT2D eigenvalue weighted by Gasteiger charge is -2.54.